The van der Waals surface area contributed by atoms with Crippen molar-refractivity contribution in [2.75, 3.05) is 6.61 Å². The smallest absolute Gasteiger partial charge is 0.0720 e. The second-order valence-corrected chi connectivity index (χ2v) is 4.90. The lowest BCUT2D eigenvalue weighted by Crippen LogP contribution is -2.15. The molecule has 0 amide bonds. The maximum Gasteiger partial charge on any atom is 0.0720 e. The second kappa shape index (κ2) is 5.30. The van der Waals surface area contributed by atoms with Gasteiger partial charge in [-0.15, -0.1) is 0 Å². The molecule has 1 aliphatic rings. The average Bonchev–Trinajstić information content (AvgIpc) is 2.47. The third kappa shape index (κ3) is 2.70. The van der Waals surface area contributed by atoms with Crippen molar-refractivity contribution in [2.45, 2.75) is 19.4 Å². The lowest BCUT2D eigenvalue weighted by molar-refractivity contribution is 0.103. The van der Waals surface area contributed by atoms with Crippen molar-refractivity contribution in [1.29, 1.82) is 0 Å². The van der Waals surface area contributed by atoms with E-state index in [0.717, 1.165) is 5.56 Å². The van der Waals surface area contributed by atoms with E-state index in [1.165, 1.54) is 16.7 Å². The summed E-state index contributed by atoms with van der Waals surface area (Å²) in [6, 6.07) is 16.7. The van der Waals surface area contributed by atoms with Crippen LogP contribution >= 0.6 is 0 Å². The monoisotopic (exact) mass is 248 g/mol. The van der Waals surface area contributed by atoms with Gasteiger partial charge in [-0.05, 0) is 30.2 Å². The Kier molecular flexibility index (Phi) is 3.35. The van der Waals surface area contributed by atoms with Gasteiger partial charge in [-0.2, -0.15) is 0 Å². The third-order valence-corrected chi connectivity index (χ3v) is 3.41. The van der Waals surface area contributed by atoms with Crippen LogP contribution in [-0.4, -0.2) is 6.61 Å². The molecule has 1 unspecified atom stereocenters. The van der Waals surface area contributed by atoms with Crippen LogP contribution in [0.5, 0.6) is 0 Å². The molecule has 0 fully saturated rings. The minimum absolute atomic E-state index is 0.186. The van der Waals surface area contributed by atoms with Crippen LogP contribution in [0.2, 0.25) is 0 Å². The van der Waals surface area contributed by atoms with Crippen LogP contribution in [-0.2, 0) is 11.3 Å². The molecule has 0 aromatic heterocycles. The van der Waals surface area contributed by atoms with Gasteiger partial charge in [0.2, 0.25) is 0 Å². The van der Waals surface area contributed by atoms with Crippen molar-refractivity contribution in [3.8, 4) is 11.8 Å². The molecule has 0 saturated carbocycles. The van der Waals surface area contributed by atoms with E-state index in [0.29, 0.717) is 13.2 Å². The van der Waals surface area contributed by atoms with Crippen LogP contribution in [0.25, 0.3) is 0 Å². The molecule has 1 atom stereocenters. The van der Waals surface area contributed by atoms with Gasteiger partial charge in [0, 0.05) is 5.56 Å². The summed E-state index contributed by atoms with van der Waals surface area (Å²) in [7, 11) is 0. The quantitative estimate of drug-likeness (QED) is 0.646. The van der Waals surface area contributed by atoms with Gasteiger partial charge in [0.05, 0.1) is 19.1 Å². The Morgan fingerprint density at radius 3 is 2.68 bits per heavy atom. The number of aryl methyl sites for hydroxylation is 1. The summed E-state index contributed by atoms with van der Waals surface area (Å²) in [5.74, 6) is 6.78. The normalized spacial score (nSPS) is 17.2. The first kappa shape index (κ1) is 12.0. The molecule has 0 saturated heterocycles. The fourth-order valence-electron chi connectivity index (χ4n) is 2.31. The fourth-order valence-corrected chi connectivity index (χ4v) is 2.31. The number of hydrogen-bond acceptors (Lipinski definition) is 1. The molecule has 2 aromatic rings. The van der Waals surface area contributed by atoms with Crippen LogP contribution < -0.4 is 0 Å². The Morgan fingerprint density at radius 2 is 1.84 bits per heavy atom. The van der Waals surface area contributed by atoms with Crippen LogP contribution in [0.4, 0.5) is 0 Å². The number of hydrogen-bond donors (Lipinski definition) is 0. The zero-order valence-corrected chi connectivity index (χ0v) is 11.0. The summed E-state index contributed by atoms with van der Waals surface area (Å²) in [5, 5.41) is 0. The molecule has 0 aliphatic carbocycles. The molecule has 19 heavy (non-hydrogen) atoms. The van der Waals surface area contributed by atoms with Crippen molar-refractivity contribution in [2.24, 2.45) is 0 Å². The first-order valence-electron chi connectivity index (χ1n) is 6.57. The van der Waals surface area contributed by atoms with Crippen molar-refractivity contribution in [1.82, 2.24) is 0 Å². The summed E-state index contributed by atoms with van der Waals surface area (Å²) in [6.07, 6.45) is 0. The fraction of sp³-hybridized carbons (Fsp3) is 0.222. The van der Waals surface area contributed by atoms with E-state index in [9.17, 15) is 0 Å². The van der Waals surface area contributed by atoms with Gasteiger partial charge >= 0.3 is 0 Å². The number of ether oxygens (including phenoxy) is 1. The topological polar surface area (TPSA) is 9.23 Å². The Labute approximate surface area is 114 Å². The molecular weight excluding hydrogens is 232 g/mol. The standard InChI is InChI=1S/C18H16O/c1-14-6-8-15(9-7-14)10-11-17-13-19-12-16-4-2-3-5-18(16)17/h2-9,17H,12-13H2,1H3. The summed E-state index contributed by atoms with van der Waals surface area (Å²) in [6.45, 7) is 3.48. The van der Waals surface area contributed by atoms with E-state index in [-0.39, 0.29) is 5.92 Å². The SMILES string of the molecule is Cc1ccc(C#CC2COCc3ccccc32)cc1. The molecule has 3 rings (SSSR count). The summed E-state index contributed by atoms with van der Waals surface area (Å²) < 4.78 is 5.61. The molecule has 94 valence electrons. The second-order valence-electron chi connectivity index (χ2n) is 4.90. The highest BCUT2D eigenvalue weighted by Gasteiger charge is 2.17. The average molecular weight is 248 g/mol. The minimum atomic E-state index is 0.186. The zero-order chi connectivity index (χ0) is 13.1. The maximum absolute atomic E-state index is 5.61. The van der Waals surface area contributed by atoms with E-state index in [1.807, 2.05) is 0 Å². The highest BCUT2D eigenvalue weighted by atomic mass is 16.5. The highest BCUT2D eigenvalue weighted by molar-refractivity contribution is 5.42. The molecule has 1 aliphatic heterocycles. The van der Waals surface area contributed by atoms with Gasteiger partial charge in [0.25, 0.3) is 0 Å². The molecule has 0 radical (unpaired) electrons. The van der Waals surface area contributed by atoms with E-state index in [2.05, 4.69) is 67.3 Å². The van der Waals surface area contributed by atoms with E-state index < -0.39 is 0 Å². The van der Waals surface area contributed by atoms with Crippen molar-refractivity contribution < 1.29 is 4.74 Å². The summed E-state index contributed by atoms with van der Waals surface area (Å²) in [4.78, 5) is 0. The molecule has 0 N–H and O–H groups in total. The van der Waals surface area contributed by atoms with Crippen LogP contribution in [0.3, 0.4) is 0 Å². The highest BCUT2D eigenvalue weighted by Crippen LogP contribution is 2.25. The molecular formula is C18H16O. The van der Waals surface area contributed by atoms with Gasteiger partial charge in [-0.3, -0.25) is 0 Å². The Balaban J connectivity index is 1.87. The summed E-state index contributed by atoms with van der Waals surface area (Å²) >= 11 is 0. The van der Waals surface area contributed by atoms with Gasteiger partial charge in [0.15, 0.2) is 0 Å². The Hall–Kier alpha value is -2.04. The first-order chi connectivity index (χ1) is 9.33. The van der Waals surface area contributed by atoms with Gasteiger partial charge in [0.1, 0.15) is 0 Å². The molecule has 0 bridgehead atoms. The van der Waals surface area contributed by atoms with E-state index >= 15 is 0 Å². The van der Waals surface area contributed by atoms with Crippen LogP contribution in [0.1, 0.15) is 28.2 Å². The Morgan fingerprint density at radius 1 is 1.05 bits per heavy atom. The maximum atomic E-state index is 5.61. The number of benzene rings is 2. The van der Waals surface area contributed by atoms with Crippen LogP contribution in [0.15, 0.2) is 48.5 Å². The van der Waals surface area contributed by atoms with Gasteiger partial charge < -0.3 is 4.74 Å². The lowest BCUT2D eigenvalue weighted by atomic mass is 9.93. The first-order valence-corrected chi connectivity index (χ1v) is 6.57. The molecule has 1 heteroatoms. The zero-order valence-electron chi connectivity index (χ0n) is 11.0. The van der Waals surface area contributed by atoms with E-state index in [4.69, 9.17) is 4.74 Å². The lowest BCUT2D eigenvalue weighted by Gasteiger charge is -2.21. The predicted molar refractivity (Wildman–Crippen MR) is 76.9 cm³/mol. The molecule has 1 heterocycles. The van der Waals surface area contributed by atoms with Crippen molar-refractivity contribution >= 4 is 0 Å². The molecule has 0 spiro atoms. The number of fused-ring (bicyclic) bond motifs is 1. The van der Waals surface area contributed by atoms with E-state index in [1.54, 1.807) is 0 Å². The molecule has 1 nitrogen and oxygen atoms in total. The molecule has 2 aromatic carbocycles. The Bertz CT molecular complexity index is 629. The van der Waals surface area contributed by atoms with Gasteiger partial charge in [-0.1, -0.05) is 53.8 Å². The minimum Gasteiger partial charge on any atom is -0.375 e. The largest absolute Gasteiger partial charge is 0.375 e. The van der Waals surface area contributed by atoms with Gasteiger partial charge in [-0.25, -0.2) is 0 Å². The van der Waals surface area contributed by atoms with Crippen LogP contribution in [0, 0.1) is 18.8 Å². The number of rotatable bonds is 0. The van der Waals surface area contributed by atoms with Crippen molar-refractivity contribution in [3.63, 3.8) is 0 Å². The van der Waals surface area contributed by atoms with Crippen molar-refractivity contribution in [3.05, 3.63) is 70.8 Å². The predicted octanol–water partition coefficient (Wildman–Crippen LogP) is 3.66. The summed E-state index contributed by atoms with van der Waals surface area (Å²) in [5.41, 5.74) is 4.90. The third-order valence-electron chi connectivity index (χ3n) is 3.41.